The summed E-state index contributed by atoms with van der Waals surface area (Å²) in [6, 6.07) is 6.76. The fourth-order valence-corrected chi connectivity index (χ4v) is 3.41. The lowest BCUT2D eigenvalue weighted by molar-refractivity contribution is -0.0705. The van der Waals surface area contributed by atoms with Crippen LogP contribution < -0.4 is 5.32 Å². The van der Waals surface area contributed by atoms with E-state index in [1.807, 2.05) is 0 Å². The molecular weight excluding hydrogens is 236 g/mol. The third-order valence-corrected chi connectivity index (χ3v) is 4.13. The summed E-state index contributed by atoms with van der Waals surface area (Å²) in [6.45, 7) is 9.65. The SMILES string of the molecule is C[C@@H]1CN(Cc2cccc3c2CCNC3)C[C@H](C)O1. The number of hydrogen-bond donors (Lipinski definition) is 1. The second-order valence-electron chi connectivity index (χ2n) is 5.93. The van der Waals surface area contributed by atoms with Crippen LogP contribution in [-0.2, 0) is 24.2 Å². The molecule has 2 aliphatic rings. The zero-order chi connectivity index (χ0) is 13.2. The predicted octanol–water partition coefficient (Wildman–Crippen LogP) is 1.94. The third-order valence-electron chi connectivity index (χ3n) is 4.13. The highest BCUT2D eigenvalue weighted by Gasteiger charge is 2.23. The second kappa shape index (κ2) is 5.61. The van der Waals surface area contributed by atoms with Gasteiger partial charge in [-0.05, 0) is 43.5 Å². The molecule has 0 unspecified atom stereocenters. The summed E-state index contributed by atoms with van der Waals surface area (Å²) in [6.07, 6.45) is 1.87. The highest BCUT2D eigenvalue weighted by Crippen LogP contribution is 2.22. The molecule has 0 aliphatic carbocycles. The van der Waals surface area contributed by atoms with Crippen LogP contribution in [0.5, 0.6) is 0 Å². The molecule has 19 heavy (non-hydrogen) atoms. The Balaban J connectivity index is 1.76. The van der Waals surface area contributed by atoms with E-state index in [0.29, 0.717) is 12.2 Å². The van der Waals surface area contributed by atoms with Crippen molar-refractivity contribution in [1.82, 2.24) is 10.2 Å². The van der Waals surface area contributed by atoms with Crippen LogP contribution in [0.2, 0.25) is 0 Å². The van der Waals surface area contributed by atoms with Crippen LogP contribution in [0.25, 0.3) is 0 Å². The molecule has 3 rings (SSSR count). The number of morpholine rings is 1. The topological polar surface area (TPSA) is 24.5 Å². The first-order valence-corrected chi connectivity index (χ1v) is 7.40. The Bertz CT molecular complexity index is 436. The molecule has 1 saturated heterocycles. The maximum absolute atomic E-state index is 5.82. The molecule has 0 bridgehead atoms. The molecule has 0 amide bonds. The van der Waals surface area contributed by atoms with E-state index in [1.165, 1.54) is 17.5 Å². The number of ether oxygens (including phenoxy) is 1. The van der Waals surface area contributed by atoms with Crippen molar-refractivity contribution in [2.24, 2.45) is 0 Å². The van der Waals surface area contributed by atoms with Crippen molar-refractivity contribution in [1.29, 1.82) is 0 Å². The normalized spacial score (nSPS) is 28.1. The summed E-state index contributed by atoms with van der Waals surface area (Å²) >= 11 is 0. The van der Waals surface area contributed by atoms with Crippen LogP contribution >= 0.6 is 0 Å². The lowest BCUT2D eigenvalue weighted by Crippen LogP contribution is -2.45. The largest absolute Gasteiger partial charge is 0.373 e. The summed E-state index contributed by atoms with van der Waals surface area (Å²) in [5, 5.41) is 3.45. The Kier molecular flexibility index (Phi) is 3.87. The van der Waals surface area contributed by atoms with Gasteiger partial charge in [0, 0.05) is 26.2 Å². The summed E-state index contributed by atoms with van der Waals surface area (Å²) in [4.78, 5) is 2.54. The average molecular weight is 260 g/mol. The zero-order valence-corrected chi connectivity index (χ0v) is 12.0. The van der Waals surface area contributed by atoms with Crippen LogP contribution in [-0.4, -0.2) is 36.7 Å². The van der Waals surface area contributed by atoms with Gasteiger partial charge in [-0.3, -0.25) is 4.90 Å². The molecule has 104 valence electrons. The van der Waals surface area contributed by atoms with Gasteiger partial charge in [-0.15, -0.1) is 0 Å². The molecule has 1 aromatic rings. The van der Waals surface area contributed by atoms with Gasteiger partial charge in [-0.25, -0.2) is 0 Å². The number of hydrogen-bond acceptors (Lipinski definition) is 3. The van der Waals surface area contributed by atoms with E-state index < -0.39 is 0 Å². The first kappa shape index (κ1) is 13.1. The van der Waals surface area contributed by atoms with Gasteiger partial charge in [-0.2, -0.15) is 0 Å². The minimum Gasteiger partial charge on any atom is -0.373 e. The predicted molar refractivity (Wildman–Crippen MR) is 77.1 cm³/mol. The van der Waals surface area contributed by atoms with Crippen molar-refractivity contribution in [2.75, 3.05) is 19.6 Å². The van der Waals surface area contributed by atoms with Gasteiger partial charge in [0.1, 0.15) is 0 Å². The molecule has 1 N–H and O–H groups in total. The number of nitrogens with zero attached hydrogens (tertiary/aromatic N) is 1. The van der Waals surface area contributed by atoms with Crippen molar-refractivity contribution in [3.8, 4) is 0 Å². The fraction of sp³-hybridized carbons (Fsp3) is 0.625. The van der Waals surface area contributed by atoms with Crippen molar-refractivity contribution < 1.29 is 4.74 Å². The van der Waals surface area contributed by atoms with Crippen LogP contribution in [0.1, 0.15) is 30.5 Å². The van der Waals surface area contributed by atoms with Gasteiger partial charge in [0.15, 0.2) is 0 Å². The van der Waals surface area contributed by atoms with Crippen molar-refractivity contribution >= 4 is 0 Å². The van der Waals surface area contributed by atoms with E-state index in [-0.39, 0.29) is 0 Å². The van der Waals surface area contributed by atoms with Gasteiger partial charge in [-0.1, -0.05) is 18.2 Å². The summed E-state index contributed by atoms with van der Waals surface area (Å²) < 4.78 is 5.82. The number of rotatable bonds is 2. The van der Waals surface area contributed by atoms with E-state index in [4.69, 9.17) is 4.74 Å². The lowest BCUT2D eigenvalue weighted by atomic mass is 9.95. The van der Waals surface area contributed by atoms with Gasteiger partial charge >= 0.3 is 0 Å². The number of nitrogens with one attached hydrogen (secondary N) is 1. The van der Waals surface area contributed by atoms with Crippen LogP contribution in [0.4, 0.5) is 0 Å². The summed E-state index contributed by atoms with van der Waals surface area (Å²) in [5.41, 5.74) is 4.58. The fourth-order valence-electron chi connectivity index (χ4n) is 3.41. The van der Waals surface area contributed by atoms with Crippen molar-refractivity contribution in [3.63, 3.8) is 0 Å². The minimum atomic E-state index is 0.352. The highest BCUT2D eigenvalue weighted by molar-refractivity contribution is 5.37. The lowest BCUT2D eigenvalue weighted by Gasteiger charge is -2.36. The van der Waals surface area contributed by atoms with E-state index in [2.05, 4.69) is 42.3 Å². The molecule has 2 heterocycles. The molecule has 3 nitrogen and oxygen atoms in total. The number of benzene rings is 1. The van der Waals surface area contributed by atoms with Gasteiger partial charge in [0.05, 0.1) is 12.2 Å². The average Bonchev–Trinajstić information content (AvgIpc) is 2.38. The Hall–Kier alpha value is -0.900. The molecule has 2 aliphatic heterocycles. The van der Waals surface area contributed by atoms with Crippen molar-refractivity contribution in [2.45, 2.75) is 45.6 Å². The number of fused-ring (bicyclic) bond motifs is 1. The Morgan fingerprint density at radius 2 is 2.05 bits per heavy atom. The highest BCUT2D eigenvalue weighted by atomic mass is 16.5. The molecule has 1 fully saturated rings. The molecule has 0 saturated carbocycles. The maximum atomic E-state index is 5.82. The zero-order valence-electron chi connectivity index (χ0n) is 12.0. The smallest absolute Gasteiger partial charge is 0.0678 e. The van der Waals surface area contributed by atoms with Crippen LogP contribution in [0.15, 0.2) is 18.2 Å². The van der Waals surface area contributed by atoms with E-state index in [0.717, 1.165) is 32.7 Å². The Labute approximate surface area is 115 Å². The molecular formula is C16H24N2O. The maximum Gasteiger partial charge on any atom is 0.0678 e. The van der Waals surface area contributed by atoms with E-state index in [1.54, 1.807) is 5.56 Å². The van der Waals surface area contributed by atoms with Gasteiger partial charge in [0.25, 0.3) is 0 Å². The van der Waals surface area contributed by atoms with Crippen LogP contribution in [0, 0.1) is 0 Å². The molecule has 0 aromatic heterocycles. The monoisotopic (exact) mass is 260 g/mol. The van der Waals surface area contributed by atoms with E-state index in [9.17, 15) is 0 Å². The standard InChI is InChI=1S/C16H24N2O/c1-12-9-18(10-13(2)19-12)11-15-5-3-4-14-8-17-7-6-16(14)15/h3-5,12-13,17H,6-11H2,1-2H3/t12-,13+. The first-order valence-electron chi connectivity index (χ1n) is 7.40. The molecule has 0 spiro atoms. The molecule has 1 aromatic carbocycles. The van der Waals surface area contributed by atoms with Crippen LogP contribution in [0.3, 0.4) is 0 Å². The Morgan fingerprint density at radius 3 is 2.84 bits per heavy atom. The summed E-state index contributed by atoms with van der Waals surface area (Å²) in [5.74, 6) is 0. The van der Waals surface area contributed by atoms with Gasteiger partial charge < -0.3 is 10.1 Å². The first-order chi connectivity index (χ1) is 9.22. The third kappa shape index (κ3) is 2.99. The molecule has 2 atom stereocenters. The Morgan fingerprint density at radius 1 is 1.26 bits per heavy atom. The molecule has 3 heteroatoms. The minimum absolute atomic E-state index is 0.352. The summed E-state index contributed by atoms with van der Waals surface area (Å²) in [7, 11) is 0. The van der Waals surface area contributed by atoms with E-state index >= 15 is 0 Å². The van der Waals surface area contributed by atoms with Gasteiger partial charge in [0.2, 0.25) is 0 Å². The second-order valence-corrected chi connectivity index (χ2v) is 5.93. The quantitative estimate of drug-likeness (QED) is 0.879. The van der Waals surface area contributed by atoms with Crippen molar-refractivity contribution in [3.05, 3.63) is 34.9 Å². The molecule has 0 radical (unpaired) electrons.